The highest BCUT2D eigenvalue weighted by Gasteiger charge is 2.33. The smallest absolute Gasteiger partial charge is 0.327 e. The average molecular weight is 312 g/mol. The molecule has 1 amide bonds. The molecule has 1 fully saturated rings. The number of carboxylic acid groups (broad SMARTS) is 1. The summed E-state index contributed by atoms with van der Waals surface area (Å²) in [5.74, 6) is 0.987. The number of fused-ring (bicyclic) bond motifs is 1. The monoisotopic (exact) mass is 312 g/mol. The second kappa shape index (κ2) is 5.75. The number of hydrogen-bond donors (Lipinski definition) is 2. The molecule has 1 aromatic heterocycles. The van der Waals surface area contributed by atoms with E-state index in [0.717, 1.165) is 17.9 Å². The Kier molecular flexibility index (Phi) is 4.00. The molecule has 108 valence electrons. The van der Waals surface area contributed by atoms with Gasteiger partial charge in [0.2, 0.25) is 0 Å². The number of nitrogens with zero attached hydrogens (tertiary/aromatic N) is 1. The van der Waals surface area contributed by atoms with Crippen LogP contribution >= 0.6 is 23.1 Å². The molecule has 1 atom stereocenters. The number of hydrogen-bond acceptors (Lipinski definition) is 5. The van der Waals surface area contributed by atoms with Crippen molar-refractivity contribution >= 4 is 35.0 Å². The number of amides is 1. The molecule has 0 radical (unpaired) electrons. The van der Waals surface area contributed by atoms with E-state index >= 15 is 0 Å². The van der Waals surface area contributed by atoms with E-state index in [9.17, 15) is 14.7 Å². The van der Waals surface area contributed by atoms with Crippen molar-refractivity contribution in [1.29, 1.82) is 0 Å². The maximum Gasteiger partial charge on any atom is 0.327 e. The van der Waals surface area contributed by atoms with Gasteiger partial charge >= 0.3 is 5.97 Å². The number of rotatable bonds is 2. The van der Waals surface area contributed by atoms with E-state index in [0.29, 0.717) is 24.5 Å². The largest absolute Gasteiger partial charge is 0.480 e. The van der Waals surface area contributed by atoms with Gasteiger partial charge in [-0.15, -0.1) is 11.3 Å². The SMILES string of the molecule is O=C(O)C1CNCCN1C(=O)c1cc2c(s1)CCSC2. The number of carboxylic acids is 1. The highest BCUT2D eigenvalue weighted by Crippen LogP contribution is 2.32. The predicted octanol–water partition coefficient (Wildman–Crippen LogP) is 1.04. The minimum Gasteiger partial charge on any atom is -0.480 e. The highest BCUT2D eigenvalue weighted by atomic mass is 32.2. The molecule has 20 heavy (non-hydrogen) atoms. The molecule has 1 aromatic rings. The van der Waals surface area contributed by atoms with Crippen LogP contribution in [-0.2, 0) is 17.0 Å². The number of aryl methyl sites for hydroxylation is 1. The molecule has 0 bridgehead atoms. The lowest BCUT2D eigenvalue weighted by molar-refractivity contribution is -0.142. The van der Waals surface area contributed by atoms with Gasteiger partial charge in [-0.1, -0.05) is 0 Å². The lowest BCUT2D eigenvalue weighted by Gasteiger charge is -2.33. The molecule has 1 saturated heterocycles. The number of thiophene rings is 1. The Balaban J connectivity index is 1.83. The molecule has 1 unspecified atom stereocenters. The molecule has 2 aliphatic rings. The number of aliphatic carboxylic acids is 1. The van der Waals surface area contributed by atoms with Crippen LogP contribution in [0.1, 0.15) is 20.1 Å². The van der Waals surface area contributed by atoms with Gasteiger partial charge in [-0.3, -0.25) is 4.79 Å². The van der Waals surface area contributed by atoms with Gasteiger partial charge in [0.25, 0.3) is 5.91 Å². The number of thioether (sulfide) groups is 1. The topological polar surface area (TPSA) is 69.6 Å². The van der Waals surface area contributed by atoms with Crippen LogP contribution in [0.25, 0.3) is 0 Å². The molecule has 0 aromatic carbocycles. The van der Waals surface area contributed by atoms with Gasteiger partial charge in [0.05, 0.1) is 4.88 Å². The van der Waals surface area contributed by atoms with Gasteiger partial charge in [-0.25, -0.2) is 4.79 Å². The van der Waals surface area contributed by atoms with Gasteiger partial charge in [-0.05, 0) is 23.8 Å². The Hall–Kier alpha value is -1.05. The Bertz CT molecular complexity index is 520. The predicted molar refractivity (Wildman–Crippen MR) is 79.5 cm³/mol. The second-order valence-electron chi connectivity index (χ2n) is 4.92. The third-order valence-electron chi connectivity index (χ3n) is 3.63. The molecule has 3 heterocycles. The molecular formula is C13H16N2O3S2. The summed E-state index contributed by atoms with van der Waals surface area (Å²) in [6.07, 6.45) is 1.02. The van der Waals surface area contributed by atoms with Gasteiger partial charge in [-0.2, -0.15) is 11.8 Å². The van der Waals surface area contributed by atoms with E-state index < -0.39 is 12.0 Å². The first kappa shape index (κ1) is 13.9. The molecular weight excluding hydrogens is 296 g/mol. The Morgan fingerprint density at radius 3 is 3.05 bits per heavy atom. The van der Waals surface area contributed by atoms with Crippen molar-refractivity contribution in [3.8, 4) is 0 Å². The fourth-order valence-electron chi connectivity index (χ4n) is 2.56. The minimum atomic E-state index is -0.942. The van der Waals surface area contributed by atoms with Crippen molar-refractivity contribution in [1.82, 2.24) is 10.2 Å². The third-order valence-corrected chi connectivity index (χ3v) is 5.86. The fraction of sp³-hybridized carbons (Fsp3) is 0.538. The zero-order chi connectivity index (χ0) is 14.1. The molecule has 5 nitrogen and oxygen atoms in total. The number of carbonyl (C=O) groups excluding carboxylic acids is 1. The summed E-state index contributed by atoms with van der Waals surface area (Å²) in [6, 6.07) is 1.19. The summed E-state index contributed by atoms with van der Waals surface area (Å²) in [5.41, 5.74) is 1.25. The maximum atomic E-state index is 12.6. The molecule has 2 N–H and O–H groups in total. The van der Waals surface area contributed by atoms with Crippen LogP contribution in [0.4, 0.5) is 0 Å². The van der Waals surface area contributed by atoms with Crippen molar-refractivity contribution in [2.75, 3.05) is 25.4 Å². The van der Waals surface area contributed by atoms with E-state index in [-0.39, 0.29) is 5.91 Å². The fourth-order valence-corrected chi connectivity index (χ4v) is 4.89. The number of nitrogens with one attached hydrogen (secondary N) is 1. The van der Waals surface area contributed by atoms with E-state index in [1.165, 1.54) is 26.7 Å². The van der Waals surface area contributed by atoms with Gasteiger partial charge in [0, 0.05) is 30.3 Å². The summed E-state index contributed by atoms with van der Waals surface area (Å²) >= 11 is 3.41. The van der Waals surface area contributed by atoms with Gasteiger partial charge in [0.1, 0.15) is 6.04 Å². The van der Waals surface area contributed by atoms with Crippen LogP contribution in [0, 0.1) is 0 Å². The lowest BCUT2D eigenvalue weighted by Crippen LogP contribution is -2.56. The Morgan fingerprint density at radius 1 is 1.45 bits per heavy atom. The molecule has 7 heteroatoms. The van der Waals surface area contributed by atoms with Crippen molar-refractivity contribution in [3.05, 3.63) is 21.4 Å². The standard InChI is InChI=1S/C13H16N2O3S2/c16-12(15-3-2-14-6-9(15)13(17)18)11-5-8-7-19-4-1-10(8)20-11/h5,9,14H,1-4,6-7H2,(H,17,18). The van der Waals surface area contributed by atoms with Gasteiger partial charge in [0.15, 0.2) is 0 Å². The highest BCUT2D eigenvalue weighted by molar-refractivity contribution is 7.98. The third kappa shape index (κ3) is 2.57. The lowest BCUT2D eigenvalue weighted by atomic mass is 10.1. The molecule has 0 spiro atoms. The number of carbonyl (C=O) groups is 2. The van der Waals surface area contributed by atoms with Crippen LogP contribution in [0.15, 0.2) is 6.07 Å². The summed E-state index contributed by atoms with van der Waals surface area (Å²) in [4.78, 5) is 27.3. The van der Waals surface area contributed by atoms with Crippen LogP contribution in [0.3, 0.4) is 0 Å². The zero-order valence-corrected chi connectivity index (χ0v) is 12.6. The molecule has 2 aliphatic heterocycles. The average Bonchev–Trinajstić information content (AvgIpc) is 2.90. The van der Waals surface area contributed by atoms with Crippen molar-refractivity contribution in [2.45, 2.75) is 18.2 Å². The summed E-state index contributed by atoms with van der Waals surface area (Å²) < 4.78 is 0. The first-order valence-corrected chi connectivity index (χ1v) is 8.58. The number of piperazine rings is 1. The van der Waals surface area contributed by atoms with Crippen molar-refractivity contribution < 1.29 is 14.7 Å². The zero-order valence-electron chi connectivity index (χ0n) is 10.9. The van der Waals surface area contributed by atoms with E-state index in [1.54, 1.807) is 0 Å². The first-order valence-electron chi connectivity index (χ1n) is 6.60. The van der Waals surface area contributed by atoms with Crippen LogP contribution in [0.2, 0.25) is 0 Å². The first-order chi connectivity index (χ1) is 9.66. The minimum absolute atomic E-state index is 0.136. The summed E-state index contributed by atoms with van der Waals surface area (Å²) in [7, 11) is 0. The van der Waals surface area contributed by atoms with Crippen molar-refractivity contribution in [3.63, 3.8) is 0 Å². The van der Waals surface area contributed by atoms with E-state index in [1.807, 2.05) is 17.8 Å². The molecule has 3 rings (SSSR count). The summed E-state index contributed by atoms with van der Waals surface area (Å²) in [5, 5.41) is 12.3. The van der Waals surface area contributed by atoms with Crippen LogP contribution in [-0.4, -0.2) is 53.3 Å². The summed E-state index contributed by atoms with van der Waals surface area (Å²) in [6.45, 7) is 1.42. The van der Waals surface area contributed by atoms with Gasteiger partial charge < -0.3 is 15.3 Å². The van der Waals surface area contributed by atoms with Crippen LogP contribution in [0.5, 0.6) is 0 Å². The Morgan fingerprint density at radius 2 is 2.30 bits per heavy atom. The van der Waals surface area contributed by atoms with E-state index in [4.69, 9.17) is 0 Å². The molecule has 0 aliphatic carbocycles. The van der Waals surface area contributed by atoms with E-state index in [2.05, 4.69) is 5.32 Å². The molecule has 0 saturated carbocycles. The van der Waals surface area contributed by atoms with Crippen LogP contribution < -0.4 is 5.32 Å². The Labute approximate surface area is 125 Å². The van der Waals surface area contributed by atoms with Crippen molar-refractivity contribution in [2.24, 2.45) is 0 Å². The normalized spacial score (nSPS) is 22.4. The second-order valence-corrected chi connectivity index (χ2v) is 7.16. The quantitative estimate of drug-likeness (QED) is 0.854. The maximum absolute atomic E-state index is 12.6.